The van der Waals surface area contributed by atoms with Crippen LogP contribution in [0.2, 0.25) is 0 Å². The number of aryl methyl sites for hydroxylation is 1. The molecule has 2 heterocycles. The Morgan fingerprint density at radius 2 is 2.00 bits per heavy atom. The number of benzene rings is 2. The first kappa shape index (κ1) is 15.8. The standard InChI is InChI=1S/C20H16N4O2/c1-12-18(9-14-8-17(25)5-6-19(14)23-12)20(26)24-16-4-2-3-13(7-16)15-10-21-22-11-15/h2-11,25H,1H3,(H,21,22)(H,24,26). The van der Waals surface area contributed by atoms with Gasteiger partial charge in [0.2, 0.25) is 0 Å². The van der Waals surface area contributed by atoms with E-state index >= 15 is 0 Å². The number of hydrogen-bond acceptors (Lipinski definition) is 4. The van der Waals surface area contributed by atoms with Gasteiger partial charge in [-0.2, -0.15) is 5.10 Å². The first-order chi connectivity index (χ1) is 12.6. The number of anilines is 1. The normalized spacial score (nSPS) is 10.8. The summed E-state index contributed by atoms with van der Waals surface area (Å²) in [6.45, 7) is 1.79. The van der Waals surface area contributed by atoms with Crippen LogP contribution < -0.4 is 5.32 Å². The van der Waals surface area contributed by atoms with Crippen molar-refractivity contribution >= 4 is 22.5 Å². The lowest BCUT2D eigenvalue weighted by Crippen LogP contribution is -2.14. The summed E-state index contributed by atoms with van der Waals surface area (Å²) in [5.74, 6) is -0.105. The van der Waals surface area contributed by atoms with E-state index in [9.17, 15) is 9.90 Å². The molecule has 0 aliphatic rings. The van der Waals surface area contributed by atoms with Gasteiger partial charge < -0.3 is 10.4 Å². The third-order valence-electron chi connectivity index (χ3n) is 4.19. The van der Waals surface area contributed by atoms with Crippen LogP contribution in [0.25, 0.3) is 22.0 Å². The summed E-state index contributed by atoms with van der Waals surface area (Å²) in [6, 6.07) is 14.2. The van der Waals surface area contributed by atoms with Gasteiger partial charge in [0, 0.05) is 22.8 Å². The SMILES string of the molecule is Cc1nc2ccc(O)cc2cc1C(=O)Nc1cccc(-c2cn[nH]c2)c1. The van der Waals surface area contributed by atoms with Crippen molar-refractivity contribution in [3.8, 4) is 16.9 Å². The van der Waals surface area contributed by atoms with Crippen molar-refractivity contribution < 1.29 is 9.90 Å². The number of hydrogen-bond donors (Lipinski definition) is 3. The van der Waals surface area contributed by atoms with Crippen molar-refractivity contribution in [2.24, 2.45) is 0 Å². The van der Waals surface area contributed by atoms with E-state index in [0.717, 1.165) is 16.6 Å². The molecule has 6 nitrogen and oxygen atoms in total. The van der Waals surface area contributed by atoms with Crippen LogP contribution in [0.3, 0.4) is 0 Å². The van der Waals surface area contributed by atoms with E-state index in [2.05, 4.69) is 20.5 Å². The number of aromatic amines is 1. The Kier molecular flexibility index (Phi) is 3.85. The zero-order valence-electron chi connectivity index (χ0n) is 14.0. The van der Waals surface area contributed by atoms with Crippen molar-refractivity contribution in [2.45, 2.75) is 6.92 Å². The predicted octanol–water partition coefficient (Wildman–Crippen LogP) is 3.89. The largest absolute Gasteiger partial charge is 0.508 e. The highest BCUT2D eigenvalue weighted by Crippen LogP contribution is 2.24. The number of phenolic OH excluding ortho intramolecular Hbond substituents is 1. The predicted molar refractivity (Wildman–Crippen MR) is 100 cm³/mol. The van der Waals surface area contributed by atoms with Gasteiger partial charge in [0.15, 0.2) is 0 Å². The number of H-pyrrole nitrogens is 1. The molecule has 0 saturated carbocycles. The minimum atomic E-state index is -0.246. The number of phenols is 1. The summed E-state index contributed by atoms with van der Waals surface area (Å²) >= 11 is 0. The van der Waals surface area contributed by atoms with Gasteiger partial charge in [-0.15, -0.1) is 0 Å². The van der Waals surface area contributed by atoms with E-state index in [0.29, 0.717) is 22.3 Å². The zero-order chi connectivity index (χ0) is 18.1. The molecular weight excluding hydrogens is 328 g/mol. The maximum Gasteiger partial charge on any atom is 0.257 e. The summed E-state index contributed by atoms with van der Waals surface area (Å²) in [5.41, 5.74) is 4.42. The molecule has 2 aromatic heterocycles. The second-order valence-electron chi connectivity index (χ2n) is 6.02. The lowest BCUT2D eigenvalue weighted by atomic mass is 10.1. The monoisotopic (exact) mass is 344 g/mol. The Balaban J connectivity index is 1.65. The number of pyridine rings is 1. The fourth-order valence-corrected chi connectivity index (χ4v) is 2.87. The van der Waals surface area contributed by atoms with E-state index in [1.54, 1.807) is 43.6 Å². The molecule has 0 spiro atoms. The van der Waals surface area contributed by atoms with Gasteiger partial charge in [0.05, 0.1) is 23.0 Å². The van der Waals surface area contributed by atoms with Crippen molar-refractivity contribution in [1.82, 2.24) is 15.2 Å². The van der Waals surface area contributed by atoms with Gasteiger partial charge in [-0.05, 0) is 48.9 Å². The van der Waals surface area contributed by atoms with Crippen LogP contribution in [0.4, 0.5) is 5.69 Å². The molecule has 0 atom stereocenters. The molecule has 0 saturated heterocycles. The van der Waals surface area contributed by atoms with E-state index in [1.165, 1.54) is 0 Å². The quantitative estimate of drug-likeness (QED) is 0.526. The molecule has 0 radical (unpaired) electrons. The van der Waals surface area contributed by atoms with Crippen molar-refractivity contribution in [3.63, 3.8) is 0 Å². The molecular formula is C20H16N4O2. The molecule has 1 amide bonds. The second kappa shape index (κ2) is 6.33. The van der Waals surface area contributed by atoms with Crippen LogP contribution in [-0.2, 0) is 0 Å². The lowest BCUT2D eigenvalue weighted by molar-refractivity contribution is 0.102. The van der Waals surface area contributed by atoms with Gasteiger partial charge in [-0.3, -0.25) is 14.9 Å². The van der Waals surface area contributed by atoms with Gasteiger partial charge in [-0.1, -0.05) is 12.1 Å². The molecule has 0 unspecified atom stereocenters. The molecule has 128 valence electrons. The fourth-order valence-electron chi connectivity index (χ4n) is 2.87. The Morgan fingerprint density at radius 3 is 2.81 bits per heavy atom. The molecule has 4 aromatic rings. The van der Waals surface area contributed by atoms with Crippen molar-refractivity contribution in [1.29, 1.82) is 0 Å². The Hall–Kier alpha value is -3.67. The van der Waals surface area contributed by atoms with Gasteiger partial charge in [0.1, 0.15) is 5.75 Å². The minimum Gasteiger partial charge on any atom is -0.508 e. The first-order valence-corrected chi connectivity index (χ1v) is 8.11. The zero-order valence-corrected chi connectivity index (χ0v) is 14.0. The third-order valence-corrected chi connectivity index (χ3v) is 4.19. The maximum atomic E-state index is 12.7. The van der Waals surface area contributed by atoms with E-state index in [1.807, 2.05) is 24.3 Å². The van der Waals surface area contributed by atoms with Crippen LogP contribution in [0.15, 0.2) is 60.9 Å². The number of carbonyl (C=O) groups is 1. The highest BCUT2D eigenvalue weighted by atomic mass is 16.3. The Morgan fingerprint density at radius 1 is 1.12 bits per heavy atom. The Labute approximate surface area is 149 Å². The number of aromatic hydroxyl groups is 1. The average molecular weight is 344 g/mol. The first-order valence-electron chi connectivity index (χ1n) is 8.11. The van der Waals surface area contributed by atoms with Crippen molar-refractivity contribution in [3.05, 3.63) is 72.2 Å². The summed E-state index contributed by atoms with van der Waals surface area (Å²) in [4.78, 5) is 17.2. The number of nitrogens with zero attached hydrogens (tertiary/aromatic N) is 2. The molecule has 4 rings (SSSR count). The highest BCUT2D eigenvalue weighted by molar-refractivity contribution is 6.07. The van der Waals surface area contributed by atoms with Gasteiger partial charge in [0.25, 0.3) is 5.91 Å². The second-order valence-corrected chi connectivity index (χ2v) is 6.02. The van der Waals surface area contributed by atoms with Gasteiger partial charge in [-0.25, -0.2) is 0 Å². The lowest BCUT2D eigenvalue weighted by Gasteiger charge is -2.10. The number of fused-ring (bicyclic) bond motifs is 1. The molecule has 0 bridgehead atoms. The van der Waals surface area contributed by atoms with Gasteiger partial charge >= 0.3 is 0 Å². The van der Waals surface area contributed by atoms with E-state index in [4.69, 9.17) is 0 Å². The number of rotatable bonds is 3. The summed E-state index contributed by atoms with van der Waals surface area (Å²) < 4.78 is 0. The molecule has 2 aromatic carbocycles. The smallest absolute Gasteiger partial charge is 0.257 e. The number of carbonyl (C=O) groups excluding carboxylic acids is 1. The molecule has 6 heteroatoms. The molecule has 0 fully saturated rings. The number of amides is 1. The van der Waals surface area contributed by atoms with Crippen molar-refractivity contribution in [2.75, 3.05) is 5.32 Å². The third kappa shape index (κ3) is 3.00. The highest BCUT2D eigenvalue weighted by Gasteiger charge is 2.13. The molecule has 0 aliphatic heterocycles. The molecule has 0 aliphatic carbocycles. The number of nitrogens with one attached hydrogen (secondary N) is 2. The van der Waals surface area contributed by atoms with Crippen LogP contribution in [0, 0.1) is 6.92 Å². The molecule has 26 heavy (non-hydrogen) atoms. The topological polar surface area (TPSA) is 90.9 Å². The van der Waals surface area contributed by atoms with Crippen LogP contribution in [-0.4, -0.2) is 26.2 Å². The summed E-state index contributed by atoms with van der Waals surface area (Å²) in [5, 5.41) is 20.0. The van der Waals surface area contributed by atoms with E-state index < -0.39 is 0 Å². The maximum absolute atomic E-state index is 12.7. The van der Waals surface area contributed by atoms with Crippen LogP contribution in [0.1, 0.15) is 16.1 Å². The minimum absolute atomic E-state index is 0.141. The molecule has 3 N–H and O–H groups in total. The van der Waals surface area contributed by atoms with Crippen LogP contribution in [0.5, 0.6) is 5.75 Å². The average Bonchev–Trinajstić information content (AvgIpc) is 3.16. The number of aromatic nitrogens is 3. The Bertz CT molecular complexity index is 1100. The van der Waals surface area contributed by atoms with E-state index in [-0.39, 0.29) is 11.7 Å². The fraction of sp³-hybridized carbons (Fsp3) is 0.0500. The van der Waals surface area contributed by atoms with Crippen LogP contribution >= 0.6 is 0 Å². The summed E-state index contributed by atoms with van der Waals surface area (Å²) in [7, 11) is 0. The summed E-state index contributed by atoms with van der Waals surface area (Å²) in [6.07, 6.45) is 3.52.